The second-order valence-electron chi connectivity index (χ2n) is 1.72. The number of alkyl halides is 3. The van der Waals surface area contributed by atoms with E-state index < -0.39 is 12.6 Å². The molecule has 0 heterocycles. The molecule has 0 aromatic rings. The van der Waals surface area contributed by atoms with Crippen LogP contribution in [0, 0.1) is 0 Å². The molecule has 0 saturated carbocycles. The first-order valence-corrected chi connectivity index (χ1v) is 2.71. The summed E-state index contributed by atoms with van der Waals surface area (Å²) in [6.07, 6.45) is -5.13. The Balaban J connectivity index is 3.16. The van der Waals surface area contributed by atoms with Gasteiger partial charge in [0.25, 0.3) is 6.43 Å². The number of aliphatic hydroxyl groups is 1. The van der Waals surface area contributed by atoms with Gasteiger partial charge in [-0.2, -0.15) is 0 Å². The first-order valence-electron chi connectivity index (χ1n) is 2.71. The summed E-state index contributed by atoms with van der Waals surface area (Å²) in [5.41, 5.74) is 0. The van der Waals surface area contributed by atoms with Crippen LogP contribution in [-0.4, -0.2) is 24.3 Å². The van der Waals surface area contributed by atoms with Crippen molar-refractivity contribution in [3.8, 4) is 0 Å². The predicted octanol–water partition coefficient (Wildman–Crippen LogP) is 1.36. The molecule has 1 N–H and O–H groups in total. The number of aliphatic hydroxyl groups excluding tert-OH is 1. The van der Waals surface area contributed by atoms with Gasteiger partial charge in [0, 0.05) is 6.61 Å². The van der Waals surface area contributed by atoms with Crippen LogP contribution in [0.3, 0.4) is 0 Å². The summed E-state index contributed by atoms with van der Waals surface area (Å²) in [6.45, 7) is -0.229. The summed E-state index contributed by atoms with van der Waals surface area (Å²) >= 11 is 0. The molecule has 0 saturated heterocycles. The second-order valence-corrected chi connectivity index (χ2v) is 1.72. The highest BCUT2D eigenvalue weighted by Gasteiger charge is 2.17. The fourth-order valence-electron chi connectivity index (χ4n) is 0.412. The number of halogens is 3. The van der Waals surface area contributed by atoms with Crippen molar-refractivity contribution in [2.75, 3.05) is 6.61 Å². The summed E-state index contributed by atoms with van der Waals surface area (Å²) in [5, 5.41) is 8.09. The number of rotatable bonds is 4. The molecule has 0 aliphatic carbocycles. The Morgan fingerprint density at radius 1 is 1.22 bits per heavy atom. The van der Waals surface area contributed by atoms with Gasteiger partial charge in [-0.1, -0.05) is 0 Å². The molecule has 9 heavy (non-hydrogen) atoms. The summed E-state index contributed by atoms with van der Waals surface area (Å²) < 4.78 is 34.4. The molecule has 0 radical (unpaired) electrons. The minimum absolute atomic E-state index is 0.103. The van der Waals surface area contributed by atoms with Gasteiger partial charge in [0.15, 0.2) is 6.17 Å². The zero-order chi connectivity index (χ0) is 7.28. The minimum Gasteiger partial charge on any atom is -0.396 e. The van der Waals surface area contributed by atoms with Crippen LogP contribution in [0.4, 0.5) is 13.2 Å². The Kier molecular flexibility index (Phi) is 4.48. The van der Waals surface area contributed by atoms with E-state index in [1.807, 2.05) is 0 Å². The van der Waals surface area contributed by atoms with Crippen molar-refractivity contribution < 1.29 is 18.3 Å². The van der Waals surface area contributed by atoms with Crippen molar-refractivity contribution in [1.82, 2.24) is 0 Å². The zero-order valence-corrected chi connectivity index (χ0v) is 4.86. The summed E-state index contributed by atoms with van der Waals surface area (Å²) in [4.78, 5) is 0. The zero-order valence-electron chi connectivity index (χ0n) is 4.86. The third-order valence-electron chi connectivity index (χ3n) is 0.911. The Morgan fingerprint density at radius 3 is 2.11 bits per heavy atom. The molecule has 0 aromatic carbocycles. The normalized spacial score (nSPS) is 14.3. The largest absolute Gasteiger partial charge is 0.396 e. The van der Waals surface area contributed by atoms with Crippen LogP contribution in [-0.2, 0) is 0 Å². The lowest BCUT2D eigenvalue weighted by Crippen LogP contribution is -2.11. The van der Waals surface area contributed by atoms with E-state index in [0.717, 1.165) is 0 Å². The lowest BCUT2D eigenvalue weighted by atomic mass is 10.2. The van der Waals surface area contributed by atoms with Crippen molar-refractivity contribution in [2.24, 2.45) is 0 Å². The third kappa shape index (κ3) is 4.27. The average molecular weight is 142 g/mol. The lowest BCUT2D eigenvalue weighted by Gasteiger charge is -2.03. The molecule has 4 heteroatoms. The molecule has 0 aliphatic heterocycles. The summed E-state index contributed by atoms with van der Waals surface area (Å²) in [7, 11) is 0. The maximum Gasteiger partial charge on any atom is 0.269 e. The van der Waals surface area contributed by atoms with Crippen molar-refractivity contribution in [3.05, 3.63) is 0 Å². The van der Waals surface area contributed by atoms with Gasteiger partial charge in [0.05, 0.1) is 0 Å². The van der Waals surface area contributed by atoms with Gasteiger partial charge in [0.1, 0.15) is 0 Å². The molecule has 1 atom stereocenters. The summed E-state index contributed by atoms with van der Waals surface area (Å²) in [5.74, 6) is 0. The Hall–Kier alpha value is -0.250. The van der Waals surface area contributed by atoms with Crippen LogP contribution >= 0.6 is 0 Å². The molecule has 0 aliphatic rings. The van der Waals surface area contributed by atoms with E-state index in [0.29, 0.717) is 0 Å². The fourth-order valence-corrected chi connectivity index (χ4v) is 0.412. The molecular formula is C5H9F3O. The fraction of sp³-hybridized carbons (Fsp3) is 1.00. The third-order valence-corrected chi connectivity index (χ3v) is 0.911. The molecule has 0 bridgehead atoms. The molecule has 0 amide bonds. The highest BCUT2D eigenvalue weighted by molar-refractivity contribution is 4.56. The van der Waals surface area contributed by atoms with Gasteiger partial charge in [0.2, 0.25) is 0 Å². The average Bonchev–Trinajstić information content (AvgIpc) is 1.82. The molecule has 1 nitrogen and oxygen atoms in total. The first-order chi connectivity index (χ1) is 4.18. The summed E-state index contributed by atoms with van der Waals surface area (Å²) in [6, 6.07) is 0. The first kappa shape index (κ1) is 8.75. The van der Waals surface area contributed by atoms with Gasteiger partial charge >= 0.3 is 0 Å². The maximum absolute atomic E-state index is 11.9. The minimum atomic E-state index is -2.91. The van der Waals surface area contributed by atoms with Gasteiger partial charge in [-0.15, -0.1) is 0 Å². The lowest BCUT2D eigenvalue weighted by molar-refractivity contribution is 0.0418. The van der Waals surface area contributed by atoms with Gasteiger partial charge in [-0.25, -0.2) is 13.2 Å². The molecular weight excluding hydrogens is 133 g/mol. The van der Waals surface area contributed by atoms with Gasteiger partial charge < -0.3 is 5.11 Å². The van der Waals surface area contributed by atoms with E-state index in [1.165, 1.54) is 0 Å². The highest BCUT2D eigenvalue weighted by Crippen LogP contribution is 2.10. The van der Waals surface area contributed by atoms with Gasteiger partial charge in [-0.3, -0.25) is 0 Å². The van der Waals surface area contributed by atoms with E-state index in [1.54, 1.807) is 0 Å². The number of hydrogen-bond donors (Lipinski definition) is 1. The molecule has 0 fully saturated rings. The maximum atomic E-state index is 11.9. The van der Waals surface area contributed by atoms with Crippen LogP contribution in [0.25, 0.3) is 0 Å². The van der Waals surface area contributed by atoms with E-state index in [9.17, 15) is 13.2 Å². The van der Waals surface area contributed by atoms with Gasteiger partial charge in [-0.05, 0) is 12.8 Å². The van der Waals surface area contributed by atoms with Crippen molar-refractivity contribution >= 4 is 0 Å². The molecule has 0 rings (SSSR count). The van der Waals surface area contributed by atoms with E-state index in [4.69, 9.17) is 5.11 Å². The topological polar surface area (TPSA) is 20.2 Å². The van der Waals surface area contributed by atoms with Crippen LogP contribution in [0.1, 0.15) is 12.8 Å². The van der Waals surface area contributed by atoms with E-state index in [-0.39, 0.29) is 19.4 Å². The van der Waals surface area contributed by atoms with Crippen molar-refractivity contribution in [1.29, 1.82) is 0 Å². The van der Waals surface area contributed by atoms with Crippen LogP contribution in [0.15, 0.2) is 0 Å². The predicted molar refractivity (Wildman–Crippen MR) is 27.2 cm³/mol. The van der Waals surface area contributed by atoms with Crippen molar-refractivity contribution in [3.63, 3.8) is 0 Å². The Morgan fingerprint density at radius 2 is 1.78 bits per heavy atom. The molecule has 56 valence electrons. The smallest absolute Gasteiger partial charge is 0.269 e. The molecule has 0 aromatic heterocycles. The molecule has 0 spiro atoms. The Bertz CT molecular complexity index is 67.2. The van der Waals surface area contributed by atoms with Crippen LogP contribution in [0.5, 0.6) is 0 Å². The number of hydrogen-bond acceptors (Lipinski definition) is 1. The van der Waals surface area contributed by atoms with Crippen molar-refractivity contribution in [2.45, 2.75) is 25.4 Å². The monoisotopic (exact) mass is 142 g/mol. The standard InChI is InChI=1S/C5H9F3O/c6-4(5(7)8)2-1-3-9/h4-5,9H,1-3H2. The van der Waals surface area contributed by atoms with E-state index >= 15 is 0 Å². The van der Waals surface area contributed by atoms with Crippen LogP contribution < -0.4 is 0 Å². The second kappa shape index (κ2) is 4.61. The highest BCUT2D eigenvalue weighted by atomic mass is 19.3. The van der Waals surface area contributed by atoms with E-state index in [2.05, 4.69) is 0 Å². The SMILES string of the molecule is OCCCC(F)C(F)F. The molecule has 1 unspecified atom stereocenters. The quantitative estimate of drug-likeness (QED) is 0.628. The van der Waals surface area contributed by atoms with Crippen LogP contribution in [0.2, 0.25) is 0 Å². The Labute approximate surface area is 51.5 Å².